The molecule has 2 aromatic rings. The van der Waals surface area contributed by atoms with Gasteiger partial charge in [-0.3, -0.25) is 0 Å². The Morgan fingerprint density at radius 3 is 2.62 bits per heavy atom. The third kappa shape index (κ3) is 3.84. The minimum absolute atomic E-state index is 0.276. The second-order valence-electron chi connectivity index (χ2n) is 4.86. The van der Waals surface area contributed by atoms with Crippen LogP contribution in [0.2, 0.25) is 0 Å². The van der Waals surface area contributed by atoms with Crippen molar-refractivity contribution in [2.75, 3.05) is 5.75 Å². The zero-order valence-electron chi connectivity index (χ0n) is 11.9. The number of aliphatic hydroxyl groups excluding tert-OH is 1. The number of sulfone groups is 1. The zero-order valence-corrected chi connectivity index (χ0v) is 12.7. The number of rotatable bonds is 4. The van der Waals surface area contributed by atoms with Gasteiger partial charge in [0.05, 0.1) is 4.90 Å². The standard InChI is InChI=1S/C17H18O3S/c1-2-7-15(18)10-6-13-21(19,20)17-12-5-9-14-8-3-4-11-16(14)17/h3-5,8-9,11-12,15,18H,2,7,13H2,1H3. The van der Waals surface area contributed by atoms with Crippen LogP contribution in [0.5, 0.6) is 0 Å². The predicted molar refractivity (Wildman–Crippen MR) is 84.7 cm³/mol. The fourth-order valence-electron chi connectivity index (χ4n) is 2.14. The zero-order chi connectivity index (χ0) is 15.3. The Labute approximate surface area is 125 Å². The number of aliphatic hydroxyl groups is 1. The van der Waals surface area contributed by atoms with Crippen LogP contribution in [-0.2, 0) is 9.84 Å². The molecule has 0 saturated carbocycles. The number of fused-ring (bicyclic) bond motifs is 1. The molecule has 0 aliphatic heterocycles. The van der Waals surface area contributed by atoms with E-state index in [0.717, 1.165) is 11.8 Å². The maximum absolute atomic E-state index is 12.4. The molecule has 0 aliphatic rings. The van der Waals surface area contributed by atoms with Gasteiger partial charge in [0.15, 0.2) is 9.84 Å². The van der Waals surface area contributed by atoms with Crippen molar-refractivity contribution in [1.29, 1.82) is 0 Å². The van der Waals surface area contributed by atoms with Gasteiger partial charge in [0.25, 0.3) is 0 Å². The third-order valence-electron chi connectivity index (χ3n) is 3.18. The highest BCUT2D eigenvalue weighted by Crippen LogP contribution is 2.23. The summed E-state index contributed by atoms with van der Waals surface area (Å²) in [5.41, 5.74) is 0. The SMILES string of the molecule is CCCC(O)C#CCS(=O)(=O)c1cccc2ccccc12. The molecule has 0 aromatic heterocycles. The summed E-state index contributed by atoms with van der Waals surface area (Å²) in [7, 11) is -3.48. The fraction of sp³-hybridized carbons (Fsp3) is 0.294. The molecule has 0 spiro atoms. The minimum atomic E-state index is -3.48. The van der Waals surface area contributed by atoms with E-state index < -0.39 is 15.9 Å². The second kappa shape index (κ2) is 6.75. The van der Waals surface area contributed by atoms with Crippen LogP contribution in [-0.4, -0.2) is 25.4 Å². The van der Waals surface area contributed by atoms with Crippen molar-refractivity contribution in [3.63, 3.8) is 0 Å². The van der Waals surface area contributed by atoms with Gasteiger partial charge in [-0.1, -0.05) is 61.6 Å². The topological polar surface area (TPSA) is 54.4 Å². The predicted octanol–water partition coefficient (Wildman–Crippen LogP) is 2.78. The van der Waals surface area contributed by atoms with Gasteiger partial charge in [0.2, 0.25) is 0 Å². The van der Waals surface area contributed by atoms with E-state index in [4.69, 9.17) is 0 Å². The van der Waals surface area contributed by atoms with Crippen LogP contribution >= 0.6 is 0 Å². The lowest BCUT2D eigenvalue weighted by Gasteiger charge is -2.05. The lowest BCUT2D eigenvalue weighted by molar-refractivity contribution is 0.221. The Bertz CT molecular complexity index is 777. The summed E-state index contributed by atoms with van der Waals surface area (Å²) in [6.07, 6.45) is 0.616. The molecular formula is C17H18O3S. The minimum Gasteiger partial charge on any atom is -0.380 e. The average Bonchev–Trinajstić information content (AvgIpc) is 2.46. The summed E-state index contributed by atoms with van der Waals surface area (Å²) in [6, 6.07) is 12.6. The van der Waals surface area contributed by atoms with E-state index in [-0.39, 0.29) is 5.75 Å². The Morgan fingerprint density at radius 2 is 1.86 bits per heavy atom. The first-order valence-electron chi connectivity index (χ1n) is 6.91. The first kappa shape index (κ1) is 15.6. The summed E-state index contributed by atoms with van der Waals surface area (Å²) in [5, 5.41) is 11.1. The molecule has 0 heterocycles. The van der Waals surface area contributed by atoms with E-state index in [1.807, 2.05) is 31.2 Å². The first-order chi connectivity index (χ1) is 10.0. The molecule has 0 fully saturated rings. The molecule has 2 aromatic carbocycles. The summed E-state index contributed by atoms with van der Waals surface area (Å²) in [4.78, 5) is 0.292. The average molecular weight is 302 g/mol. The highest BCUT2D eigenvalue weighted by Gasteiger charge is 2.15. The van der Waals surface area contributed by atoms with Crippen LogP contribution in [0.3, 0.4) is 0 Å². The maximum atomic E-state index is 12.4. The molecule has 1 N–H and O–H groups in total. The van der Waals surface area contributed by atoms with E-state index in [0.29, 0.717) is 16.7 Å². The highest BCUT2D eigenvalue weighted by molar-refractivity contribution is 7.91. The molecule has 1 atom stereocenters. The molecule has 0 bridgehead atoms. The second-order valence-corrected chi connectivity index (χ2v) is 6.82. The van der Waals surface area contributed by atoms with Gasteiger partial charge in [0.1, 0.15) is 11.9 Å². The largest absolute Gasteiger partial charge is 0.380 e. The molecular weight excluding hydrogens is 284 g/mol. The van der Waals surface area contributed by atoms with E-state index in [2.05, 4.69) is 11.8 Å². The Kier molecular flexibility index (Phi) is 5.00. The number of benzene rings is 2. The molecule has 0 amide bonds. The van der Waals surface area contributed by atoms with Crippen LogP contribution in [0, 0.1) is 11.8 Å². The summed E-state index contributed by atoms with van der Waals surface area (Å²) < 4.78 is 24.8. The third-order valence-corrected chi connectivity index (χ3v) is 4.73. The molecule has 2 rings (SSSR count). The Balaban J connectivity index is 2.30. The summed E-state index contributed by atoms with van der Waals surface area (Å²) in [5.74, 6) is 4.89. The smallest absolute Gasteiger partial charge is 0.190 e. The van der Waals surface area contributed by atoms with Gasteiger partial charge in [0, 0.05) is 5.39 Å². The van der Waals surface area contributed by atoms with E-state index in [1.165, 1.54) is 0 Å². The lowest BCUT2D eigenvalue weighted by Crippen LogP contribution is -2.07. The van der Waals surface area contributed by atoms with Gasteiger partial charge >= 0.3 is 0 Å². The van der Waals surface area contributed by atoms with Gasteiger partial charge in [-0.05, 0) is 17.9 Å². The van der Waals surface area contributed by atoms with Crippen LogP contribution in [0.4, 0.5) is 0 Å². The Morgan fingerprint density at radius 1 is 1.14 bits per heavy atom. The molecule has 0 saturated heterocycles. The number of hydrogen-bond acceptors (Lipinski definition) is 3. The van der Waals surface area contributed by atoms with Crippen molar-refractivity contribution < 1.29 is 13.5 Å². The van der Waals surface area contributed by atoms with Gasteiger partial charge < -0.3 is 5.11 Å². The van der Waals surface area contributed by atoms with Crippen molar-refractivity contribution in [2.45, 2.75) is 30.8 Å². The Hall–Kier alpha value is -1.83. The summed E-state index contributed by atoms with van der Waals surface area (Å²) >= 11 is 0. The van der Waals surface area contributed by atoms with Crippen molar-refractivity contribution in [3.8, 4) is 11.8 Å². The lowest BCUT2D eigenvalue weighted by atomic mass is 10.1. The van der Waals surface area contributed by atoms with Crippen molar-refractivity contribution in [2.24, 2.45) is 0 Å². The highest BCUT2D eigenvalue weighted by atomic mass is 32.2. The molecule has 110 valence electrons. The van der Waals surface area contributed by atoms with Crippen molar-refractivity contribution in [1.82, 2.24) is 0 Å². The van der Waals surface area contributed by atoms with Crippen LogP contribution in [0.25, 0.3) is 10.8 Å². The summed E-state index contributed by atoms with van der Waals surface area (Å²) in [6.45, 7) is 1.94. The van der Waals surface area contributed by atoms with Crippen molar-refractivity contribution in [3.05, 3.63) is 42.5 Å². The van der Waals surface area contributed by atoms with Gasteiger partial charge in [-0.15, -0.1) is 0 Å². The van der Waals surface area contributed by atoms with Crippen LogP contribution in [0.1, 0.15) is 19.8 Å². The molecule has 1 unspecified atom stereocenters. The molecule has 0 aliphatic carbocycles. The van der Waals surface area contributed by atoms with Gasteiger partial charge in [-0.2, -0.15) is 0 Å². The molecule has 21 heavy (non-hydrogen) atoms. The molecule has 0 radical (unpaired) electrons. The normalized spacial score (nSPS) is 12.7. The van der Waals surface area contributed by atoms with E-state index in [9.17, 15) is 13.5 Å². The van der Waals surface area contributed by atoms with Gasteiger partial charge in [-0.25, -0.2) is 8.42 Å². The maximum Gasteiger partial charge on any atom is 0.190 e. The van der Waals surface area contributed by atoms with Crippen molar-refractivity contribution >= 4 is 20.6 Å². The van der Waals surface area contributed by atoms with E-state index >= 15 is 0 Å². The molecule has 4 heteroatoms. The first-order valence-corrected chi connectivity index (χ1v) is 8.57. The monoisotopic (exact) mass is 302 g/mol. The number of hydrogen-bond donors (Lipinski definition) is 1. The van der Waals surface area contributed by atoms with Crippen LogP contribution < -0.4 is 0 Å². The van der Waals surface area contributed by atoms with E-state index in [1.54, 1.807) is 18.2 Å². The quantitative estimate of drug-likeness (QED) is 0.884. The fourth-order valence-corrected chi connectivity index (χ4v) is 3.38. The molecule has 3 nitrogen and oxygen atoms in total. The van der Waals surface area contributed by atoms with Crippen LogP contribution in [0.15, 0.2) is 47.4 Å².